The van der Waals surface area contributed by atoms with E-state index in [1.54, 1.807) is 0 Å². The topological polar surface area (TPSA) is 41.6 Å². The molecule has 2 fully saturated rings. The smallest absolute Gasteiger partial charge is 0.249 e. The Morgan fingerprint density at radius 1 is 1.35 bits per heavy atom. The van der Waals surface area contributed by atoms with Crippen LogP contribution in [0, 0.1) is 0 Å². The zero-order valence-electron chi connectivity index (χ0n) is 11.3. The van der Waals surface area contributed by atoms with Gasteiger partial charge >= 0.3 is 0 Å². The molecule has 0 saturated carbocycles. The van der Waals surface area contributed by atoms with Crippen LogP contribution < -0.4 is 10.2 Å². The molecule has 1 aromatic carbocycles. The number of halogens is 1. The molecule has 20 heavy (non-hydrogen) atoms. The average Bonchev–Trinajstić information content (AvgIpc) is 3.10. The van der Waals surface area contributed by atoms with E-state index in [0.29, 0.717) is 6.61 Å². The Morgan fingerprint density at radius 2 is 2.20 bits per heavy atom. The minimum absolute atomic E-state index is 0.0569. The van der Waals surface area contributed by atoms with Crippen molar-refractivity contribution in [3.8, 4) is 0 Å². The van der Waals surface area contributed by atoms with Gasteiger partial charge in [-0.3, -0.25) is 4.79 Å². The molecule has 0 aliphatic carbocycles. The molecule has 1 N–H and O–H groups in total. The van der Waals surface area contributed by atoms with Crippen LogP contribution in [0.25, 0.3) is 0 Å². The highest BCUT2D eigenvalue weighted by Gasteiger charge is 2.29. The maximum Gasteiger partial charge on any atom is 0.249 e. The second-order valence-corrected chi connectivity index (χ2v) is 6.25. The van der Waals surface area contributed by atoms with Gasteiger partial charge in [0.15, 0.2) is 0 Å². The molecule has 2 atom stereocenters. The summed E-state index contributed by atoms with van der Waals surface area (Å²) in [7, 11) is 0. The molecule has 0 bridgehead atoms. The van der Waals surface area contributed by atoms with Crippen LogP contribution in [0.2, 0.25) is 0 Å². The molecule has 5 heteroatoms. The minimum atomic E-state index is -0.229. The molecule has 108 valence electrons. The highest BCUT2D eigenvalue weighted by Crippen LogP contribution is 2.28. The van der Waals surface area contributed by atoms with Crippen molar-refractivity contribution in [2.75, 3.05) is 24.6 Å². The number of hydrogen-bond acceptors (Lipinski definition) is 3. The Bertz CT molecular complexity index is 489. The summed E-state index contributed by atoms with van der Waals surface area (Å²) in [5.41, 5.74) is 1.20. The SMILES string of the molecule is O=C(NC1CCN(c2ccccc2Br)C1)C1CCCO1. The molecule has 2 aliphatic rings. The van der Waals surface area contributed by atoms with Crippen LogP contribution in [0.1, 0.15) is 19.3 Å². The second kappa shape index (κ2) is 6.14. The highest BCUT2D eigenvalue weighted by atomic mass is 79.9. The normalized spacial score (nSPS) is 25.9. The van der Waals surface area contributed by atoms with Crippen LogP contribution in [0.5, 0.6) is 0 Å². The Balaban J connectivity index is 1.57. The summed E-state index contributed by atoms with van der Waals surface area (Å²) in [6, 6.07) is 8.43. The van der Waals surface area contributed by atoms with Gasteiger partial charge in [-0.05, 0) is 47.3 Å². The zero-order chi connectivity index (χ0) is 13.9. The van der Waals surface area contributed by atoms with Crippen LogP contribution in [-0.2, 0) is 9.53 Å². The van der Waals surface area contributed by atoms with Crippen molar-refractivity contribution in [2.45, 2.75) is 31.4 Å². The van der Waals surface area contributed by atoms with E-state index in [9.17, 15) is 4.79 Å². The lowest BCUT2D eigenvalue weighted by Crippen LogP contribution is -2.42. The minimum Gasteiger partial charge on any atom is -0.368 e. The van der Waals surface area contributed by atoms with Gasteiger partial charge in [-0.2, -0.15) is 0 Å². The van der Waals surface area contributed by atoms with Gasteiger partial charge in [0, 0.05) is 30.2 Å². The Hall–Kier alpha value is -1.07. The fourth-order valence-electron chi connectivity index (χ4n) is 2.88. The predicted octanol–water partition coefficient (Wildman–Crippen LogP) is 2.32. The quantitative estimate of drug-likeness (QED) is 0.919. The van der Waals surface area contributed by atoms with Crippen molar-refractivity contribution in [1.82, 2.24) is 5.32 Å². The highest BCUT2D eigenvalue weighted by molar-refractivity contribution is 9.10. The Morgan fingerprint density at radius 3 is 2.95 bits per heavy atom. The first kappa shape index (κ1) is 13.9. The third-order valence-corrected chi connectivity index (χ3v) is 4.62. The van der Waals surface area contributed by atoms with E-state index in [0.717, 1.165) is 36.8 Å². The van der Waals surface area contributed by atoms with Crippen LogP contribution >= 0.6 is 15.9 Å². The number of carbonyl (C=O) groups is 1. The van der Waals surface area contributed by atoms with Gasteiger partial charge in [-0.15, -0.1) is 0 Å². The first-order valence-electron chi connectivity index (χ1n) is 7.15. The summed E-state index contributed by atoms with van der Waals surface area (Å²) >= 11 is 3.58. The molecule has 4 nitrogen and oxygen atoms in total. The van der Waals surface area contributed by atoms with E-state index in [2.05, 4.69) is 32.2 Å². The molecule has 1 amide bonds. The number of para-hydroxylation sites is 1. The number of nitrogens with zero attached hydrogens (tertiary/aromatic N) is 1. The van der Waals surface area contributed by atoms with Crippen molar-refractivity contribution in [1.29, 1.82) is 0 Å². The number of benzene rings is 1. The fraction of sp³-hybridized carbons (Fsp3) is 0.533. The molecule has 2 saturated heterocycles. The summed E-state index contributed by atoms with van der Waals surface area (Å²) in [4.78, 5) is 14.4. The van der Waals surface area contributed by atoms with Crippen molar-refractivity contribution >= 4 is 27.5 Å². The molecule has 1 aromatic rings. The third-order valence-electron chi connectivity index (χ3n) is 3.95. The maximum absolute atomic E-state index is 12.0. The van der Waals surface area contributed by atoms with Gasteiger partial charge in [0.2, 0.25) is 5.91 Å². The molecule has 0 radical (unpaired) electrons. The van der Waals surface area contributed by atoms with E-state index in [1.807, 2.05) is 18.2 Å². The molecule has 3 rings (SSSR count). The molecule has 2 aliphatic heterocycles. The molecule has 2 unspecified atom stereocenters. The monoisotopic (exact) mass is 338 g/mol. The van der Waals surface area contributed by atoms with E-state index in [-0.39, 0.29) is 18.1 Å². The molecular weight excluding hydrogens is 320 g/mol. The largest absolute Gasteiger partial charge is 0.368 e. The van der Waals surface area contributed by atoms with Gasteiger partial charge in [-0.1, -0.05) is 12.1 Å². The summed E-state index contributed by atoms with van der Waals surface area (Å²) in [6.45, 7) is 2.55. The predicted molar refractivity (Wildman–Crippen MR) is 81.9 cm³/mol. The summed E-state index contributed by atoms with van der Waals surface area (Å²) < 4.78 is 6.53. The van der Waals surface area contributed by atoms with Crippen molar-refractivity contribution in [3.63, 3.8) is 0 Å². The Labute approximate surface area is 127 Å². The van der Waals surface area contributed by atoms with Gasteiger partial charge < -0.3 is 15.0 Å². The number of nitrogens with one attached hydrogen (secondary N) is 1. The molecule has 0 spiro atoms. The van der Waals surface area contributed by atoms with Gasteiger partial charge in [-0.25, -0.2) is 0 Å². The number of ether oxygens (including phenoxy) is 1. The summed E-state index contributed by atoms with van der Waals surface area (Å²) in [5.74, 6) is 0.0569. The number of hydrogen-bond donors (Lipinski definition) is 1. The van der Waals surface area contributed by atoms with Crippen LogP contribution in [0.4, 0.5) is 5.69 Å². The number of amides is 1. The number of anilines is 1. The molecule has 2 heterocycles. The van der Waals surface area contributed by atoms with Crippen molar-refractivity contribution < 1.29 is 9.53 Å². The summed E-state index contributed by atoms with van der Waals surface area (Å²) in [6.07, 6.45) is 2.60. The fourth-order valence-corrected chi connectivity index (χ4v) is 3.42. The van der Waals surface area contributed by atoms with E-state index in [4.69, 9.17) is 4.74 Å². The molecule has 0 aromatic heterocycles. The van der Waals surface area contributed by atoms with E-state index < -0.39 is 0 Å². The van der Waals surface area contributed by atoms with Crippen LogP contribution in [0.15, 0.2) is 28.7 Å². The van der Waals surface area contributed by atoms with Gasteiger partial charge in [0.25, 0.3) is 0 Å². The van der Waals surface area contributed by atoms with Crippen LogP contribution in [0.3, 0.4) is 0 Å². The number of rotatable bonds is 3. The standard InChI is InChI=1S/C15H19BrN2O2/c16-12-4-1-2-5-13(12)18-8-7-11(10-18)17-15(19)14-6-3-9-20-14/h1-2,4-5,11,14H,3,6-10H2,(H,17,19). The van der Waals surface area contributed by atoms with Crippen molar-refractivity contribution in [3.05, 3.63) is 28.7 Å². The second-order valence-electron chi connectivity index (χ2n) is 5.39. The Kier molecular flexibility index (Phi) is 4.27. The van der Waals surface area contributed by atoms with Crippen LogP contribution in [-0.4, -0.2) is 37.7 Å². The lowest BCUT2D eigenvalue weighted by molar-refractivity contribution is -0.130. The zero-order valence-corrected chi connectivity index (χ0v) is 12.9. The van der Waals surface area contributed by atoms with E-state index >= 15 is 0 Å². The van der Waals surface area contributed by atoms with Gasteiger partial charge in [0.05, 0.1) is 5.69 Å². The first-order chi connectivity index (χ1) is 9.74. The lowest BCUT2D eigenvalue weighted by atomic mass is 10.2. The number of carbonyl (C=O) groups excluding carboxylic acids is 1. The lowest BCUT2D eigenvalue weighted by Gasteiger charge is -2.21. The van der Waals surface area contributed by atoms with Crippen molar-refractivity contribution in [2.24, 2.45) is 0 Å². The first-order valence-corrected chi connectivity index (χ1v) is 7.95. The maximum atomic E-state index is 12.0. The van der Waals surface area contributed by atoms with Gasteiger partial charge in [0.1, 0.15) is 6.10 Å². The molecular formula is C15H19BrN2O2. The van der Waals surface area contributed by atoms with E-state index in [1.165, 1.54) is 5.69 Å². The summed E-state index contributed by atoms with van der Waals surface area (Å²) in [5, 5.41) is 3.12. The average molecular weight is 339 g/mol. The third kappa shape index (κ3) is 2.99.